The SMILES string of the molecule is CCn1cc(CNCc2ccnn2CCF)cn1. The summed E-state index contributed by atoms with van der Waals surface area (Å²) in [6.45, 7) is 4.29. The molecule has 6 heteroatoms. The lowest BCUT2D eigenvalue weighted by molar-refractivity contribution is 0.417. The second kappa shape index (κ2) is 6.30. The van der Waals surface area contributed by atoms with E-state index in [-0.39, 0.29) is 0 Å². The zero-order chi connectivity index (χ0) is 12.8. The molecule has 0 fully saturated rings. The minimum Gasteiger partial charge on any atom is -0.307 e. The van der Waals surface area contributed by atoms with Crippen LogP contribution in [0.5, 0.6) is 0 Å². The molecule has 0 unspecified atom stereocenters. The first-order valence-corrected chi connectivity index (χ1v) is 6.12. The van der Waals surface area contributed by atoms with Crippen molar-refractivity contribution < 1.29 is 4.39 Å². The first kappa shape index (κ1) is 12.8. The van der Waals surface area contributed by atoms with Gasteiger partial charge in [0.15, 0.2) is 0 Å². The van der Waals surface area contributed by atoms with Gasteiger partial charge in [-0.2, -0.15) is 10.2 Å². The Morgan fingerprint density at radius 2 is 2.22 bits per heavy atom. The van der Waals surface area contributed by atoms with Gasteiger partial charge in [-0.1, -0.05) is 0 Å². The Labute approximate surface area is 106 Å². The van der Waals surface area contributed by atoms with Crippen molar-refractivity contribution in [1.29, 1.82) is 0 Å². The first-order chi connectivity index (χ1) is 8.83. The smallest absolute Gasteiger partial charge is 0.109 e. The predicted octanol–water partition coefficient (Wildman–Crippen LogP) is 1.36. The van der Waals surface area contributed by atoms with Crippen molar-refractivity contribution in [2.45, 2.75) is 33.1 Å². The largest absolute Gasteiger partial charge is 0.307 e. The summed E-state index contributed by atoms with van der Waals surface area (Å²) >= 11 is 0. The van der Waals surface area contributed by atoms with Crippen LogP contribution in [0.2, 0.25) is 0 Å². The number of aromatic nitrogens is 4. The summed E-state index contributed by atoms with van der Waals surface area (Å²) in [5.74, 6) is 0. The van der Waals surface area contributed by atoms with Gasteiger partial charge < -0.3 is 5.32 Å². The van der Waals surface area contributed by atoms with Crippen molar-refractivity contribution in [2.75, 3.05) is 6.67 Å². The van der Waals surface area contributed by atoms with Crippen LogP contribution in [0.15, 0.2) is 24.7 Å². The van der Waals surface area contributed by atoms with Crippen molar-refractivity contribution >= 4 is 0 Å². The van der Waals surface area contributed by atoms with Gasteiger partial charge in [-0.25, -0.2) is 4.39 Å². The van der Waals surface area contributed by atoms with Crippen LogP contribution in [0.3, 0.4) is 0 Å². The number of aryl methyl sites for hydroxylation is 2. The van der Waals surface area contributed by atoms with Crippen molar-refractivity contribution in [3.05, 3.63) is 35.9 Å². The second-order valence-electron chi connectivity index (χ2n) is 4.04. The summed E-state index contributed by atoms with van der Waals surface area (Å²) in [4.78, 5) is 0. The number of nitrogens with one attached hydrogen (secondary N) is 1. The topological polar surface area (TPSA) is 47.7 Å². The maximum atomic E-state index is 12.3. The third kappa shape index (κ3) is 3.16. The highest BCUT2D eigenvalue weighted by molar-refractivity contribution is 5.05. The van der Waals surface area contributed by atoms with Gasteiger partial charge in [-0.15, -0.1) is 0 Å². The average molecular weight is 251 g/mol. The Bertz CT molecular complexity index is 476. The number of hydrogen-bond acceptors (Lipinski definition) is 3. The monoisotopic (exact) mass is 251 g/mol. The van der Waals surface area contributed by atoms with Gasteiger partial charge in [0.1, 0.15) is 6.67 Å². The highest BCUT2D eigenvalue weighted by Gasteiger charge is 2.02. The Morgan fingerprint density at radius 1 is 1.33 bits per heavy atom. The molecule has 0 amide bonds. The van der Waals surface area contributed by atoms with E-state index >= 15 is 0 Å². The van der Waals surface area contributed by atoms with Crippen LogP contribution in [-0.2, 0) is 26.2 Å². The molecule has 0 spiro atoms. The molecule has 2 rings (SSSR count). The van der Waals surface area contributed by atoms with Crippen LogP contribution in [0, 0.1) is 0 Å². The molecule has 0 bridgehead atoms. The average Bonchev–Trinajstić information content (AvgIpc) is 3.00. The van der Waals surface area contributed by atoms with Crippen molar-refractivity contribution in [3.63, 3.8) is 0 Å². The van der Waals surface area contributed by atoms with E-state index < -0.39 is 6.67 Å². The molecule has 0 atom stereocenters. The Morgan fingerprint density at radius 3 is 2.94 bits per heavy atom. The highest BCUT2D eigenvalue weighted by Crippen LogP contribution is 2.01. The van der Waals surface area contributed by atoms with E-state index in [0.29, 0.717) is 13.1 Å². The predicted molar refractivity (Wildman–Crippen MR) is 66.6 cm³/mol. The van der Waals surface area contributed by atoms with Crippen LogP contribution in [0.1, 0.15) is 18.2 Å². The number of nitrogens with zero attached hydrogens (tertiary/aromatic N) is 4. The van der Waals surface area contributed by atoms with Gasteiger partial charge in [0.05, 0.1) is 18.4 Å². The zero-order valence-electron chi connectivity index (χ0n) is 10.5. The molecule has 2 aromatic heterocycles. The molecule has 98 valence electrons. The Kier molecular flexibility index (Phi) is 4.46. The molecule has 1 N–H and O–H groups in total. The van der Waals surface area contributed by atoms with Gasteiger partial charge in [-0.3, -0.25) is 9.36 Å². The minimum absolute atomic E-state index is 0.317. The lowest BCUT2D eigenvalue weighted by Crippen LogP contribution is -2.16. The van der Waals surface area contributed by atoms with Crippen LogP contribution < -0.4 is 5.32 Å². The molecular formula is C12H18FN5. The second-order valence-corrected chi connectivity index (χ2v) is 4.04. The Hall–Kier alpha value is -1.69. The number of alkyl halides is 1. The van der Waals surface area contributed by atoms with Crippen LogP contribution in [0.4, 0.5) is 4.39 Å². The molecule has 0 aliphatic heterocycles. The number of halogens is 1. The van der Waals surface area contributed by atoms with Crippen molar-refractivity contribution in [2.24, 2.45) is 0 Å². The number of rotatable bonds is 7. The van der Waals surface area contributed by atoms with Crippen LogP contribution in [0.25, 0.3) is 0 Å². The zero-order valence-corrected chi connectivity index (χ0v) is 10.5. The van der Waals surface area contributed by atoms with E-state index in [1.165, 1.54) is 0 Å². The van der Waals surface area contributed by atoms with Gasteiger partial charge in [0.25, 0.3) is 0 Å². The molecule has 5 nitrogen and oxygen atoms in total. The third-order valence-electron chi connectivity index (χ3n) is 2.75. The molecule has 0 radical (unpaired) electrons. The van der Waals surface area contributed by atoms with E-state index in [1.54, 1.807) is 10.9 Å². The summed E-state index contributed by atoms with van der Waals surface area (Å²) in [7, 11) is 0. The van der Waals surface area contributed by atoms with Gasteiger partial charge in [-0.05, 0) is 13.0 Å². The van der Waals surface area contributed by atoms with Crippen LogP contribution >= 0.6 is 0 Å². The summed E-state index contributed by atoms with van der Waals surface area (Å²) in [6.07, 6.45) is 5.57. The standard InChI is InChI=1S/C12H18FN5/c1-2-17-10-11(8-16-17)7-14-9-12-3-5-15-18(12)6-4-13/h3,5,8,10,14H,2,4,6-7,9H2,1H3. The molecule has 2 heterocycles. The normalized spacial score (nSPS) is 11.0. The summed E-state index contributed by atoms with van der Waals surface area (Å²) in [6, 6.07) is 1.90. The van der Waals surface area contributed by atoms with E-state index in [4.69, 9.17) is 0 Å². The maximum absolute atomic E-state index is 12.3. The molecular weight excluding hydrogens is 233 g/mol. The first-order valence-electron chi connectivity index (χ1n) is 6.12. The lowest BCUT2D eigenvalue weighted by atomic mass is 10.3. The molecule has 0 saturated heterocycles. The summed E-state index contributed by atoms with van der Waals surface area (Å²) < 4.78 is 15.8. The van der Waals surface area contributed by atoms with Crippen molar-refractivity contribution in [1.82, 2.24) is 24.9 Å². The summed E-state index contributed by atoms with van der Waals surface area (Å²) in [5, 5.41) is 11.6. The highest BCUT2D eigenvalue weighted by atomic mass is 19.1. The van der Waals surface area contributed by atoms with Crippen molar-refractivity contribution in [3.8, 4) is 0 Å². The van der Waals surface area contributed by atoms with E-state index in [1.807, 2.05) is 23.1 Å². The fourth-order valence-electron chi connectivity index (χ4n) is 1.80. The van der Waals surface area contributed by atoms with E-state index in [9.17, 15) is 4.39 Å². The number of hydrogen-bond donors (Lipinski definition) is 1. The third-order valence-corrected chi connectivity index (χ3v) is 2.75. The van der Waals surface area contributed by atoms with Crippen LogP contribution in [-0.4, -0.2) is 26.2 Å². The quantitative estimate of drug-likeness (QED) is 0.808. The van der Waals surface area contributed by atoms with Gasteiger partial charge in [0, 0.05) is 37.6 Å². The molecule has 2 aromatic rings. The molecule has 0 saturated carbocycles. The fourth-order valence-corrected chi connectivity index (χ4v) is 1.80. The van der Waals surface area contributed by atoms with Gasteiger partial charge >= 0.3 is 0 Å². The fraction of sp³-hybridized carbons (Fsp3) is 0.500. The van der Waals surface area contributed by atoms with E-state index in [2.05, 4.69) is 22.4 Å². The molecule has 18 heavy (non-hydrogen) atoms. The maximum Gasteiger partial charge on any atom is 0.109 e. The Balaban J connectivity index is 1.82. The molecule has 0 aliphatic carbocycles. The van der Waals surface area contributed by atoms with Gasteiger partial charge in [0.2, 0.25) is 0 Å². The lowest BCUT2D eigenvalue weighted by Gasteiger charge is -2.06. The molecule has 0 aliphatic rings. The van der Waals surface area contributed by atoms with E-state index in [0.717, 1.165) is 24.3 Å². The molecule has 0 aromatic carbocycles. The summed E-state index contributed by atoms with van der Waals surface area (Å²) in [5.41, 5.74) is 2.14. The minimum atomic E-state index is -0.391.